The van der Waals surface area contributed by atoms with Crippen LogP contribution < -0.4 is 14.8 Å². The van der Waals surface area contributed by atoms with Gasteiger partial charge < -0.3 is 14.8 Å². The van der Waals surface area contributed by atoms with Crippen LogP contribution in [-0.4, -0.2) is 33.2 Å². The Morgan fingerprint density at radius 1 is 1.10 bits per heavy atom. The summed E-state index contributed by atoms with van der Waals surface area (Å²) >= 11 is 6.35. The molecule has 5 rings (SSSR count). The molecule has 0 bridgehead atoms. The number of carbonyl (C=O) groups excluding carboxylic acids is 1. The zero-order valence-electron chi connectivity index (χ0n) is 15.1. The molecule has 0 spiro atoms. The number of nitrogens with one attached hydrogen (secondary N) is 1. The fraction of sp³-hybridized carbons (Fsp3) is 0.0952. The number of hydrogen-bond acceptors (Lipinski definition) is 6. The van der Waals surface area contributed by atoms with Gasteiger partial charge in [-0.3, -0.25) is 4.79 Å². The third-order valence-corrected chi connectivity index (χ3v) is 5.67. The molecule has 1 saturated heterocycles. The SMILES string of the molecule is O=C1NC(=S)SC1=Cc1cn(-c2ccccc2)nc1-c1ccc2c(c1)OCCO2. The molecule has 0 radical (unpaired) electrons. The van der Waals surface area contributed by atoms with Crippen molar-refractivity contribution in [1.82, 2.24) is 15.1 Å². The van der Waals surface area contributed by atoms with Gasteiger partial charge in [0.25, 0.3) is 5.91 Å². The summed E-state index contributed by atoms with van der Waals surface area (Å²) in [4.78, 5) is 12.7. The number of amides is 1. The van der Waals surface area contributed by atoms with Gasteiger partial charge >= 0.3 is 0 Å². The van der Waals surface area contributed by atoms with Crippen molar-refractivity contribution in [2.45, 2.75) is 0 Å². The standard InChI is InChI=1S/C21H15N3O3S2/c25-20-18(29-21(28)22-20)11-14-12-24(15-4-2-1-3-5-15)23-19(14)13-6-7-16-17(10-13)27-9-8-26-16/h1-7,10-12H,8-9H2,(H,22,25,28). The van der Waals surface area contributed by atoms with Crippen LogP contribution in [-0.2, 0) is 4.79 Å². The summed E-state index contributed by atoms with van der Waals surface area (Å²) in [6.45, 7) is 1.05. The monoisotopic (exact) mass is 421 g/mol. The third kappa shape index (κ3) is 3.52. The van der Waals surface area contributed by atoms with Crippen LogP contribution in [0.1, 0.15) is 5.56 Å². The van der Waals surface area contributed by atoms with Gasteiger partial charge in [-0.05, 0) is 36.4 Å². The molecule has 1 aromatic heterocycles. The Labute approximate surface area is 176 Å². The van der Waals surface area contributed by atoms with Crippen molar-refractivity contribution < 1.29 is 14.3 Å². The number of rotatable bonds is 3. The van der Waals surface area contributed by atoms with Crippen LogP contribution in [0, 0.1) is 0 Å². The average Bonchev–Trinajstić information content (AvgIpc) is 3.31. The lowest BCUT2D eigenvalue weighted by Crippen LogP contribution is -2.17. The van der Waals surface area contributed by atoms with Gasteiger partial charge in [0, 0.05) is 17.3 Å². The molecule has 3 heterocycles. The smallest absolute Gasteiger partial charge is 0.263 e. The molecule has 8 heteroatoms. The number of para-hydroxylation sites is 1. The van der Waals surface area contributed by atoms with E-state index in [1.165, 1.54) is 11.8 Å². The maximum atomic E-state index is 12.2. The zero-order valence-corrected chi connectivity index (χ0v) is 16.8. The van der Waals surface area contributed by atoms with E-state index < -0.39 is 0 Å². The maximum absolute atomic E-state index is 12.2. The molecule has 0 aliphatic carbocycles. The highest BCUT2D eigenvalue weighted by Gasteiger charge is 2.24. The minimum absolute atomic E-state index is 0.194. The Bertz CT molecular complexity index is 1160. The third-order valence-electron chi connectivity index (χ3n) is 4.51. The van der Waals surface area contributed by atoms with Crippen LogP contribution in [0.2, 0.25) is 0 Å². The molecular formula is C21H15N3O3S2. The largest absolute Gasteiger partial charge is 0.486 e. The number of thioether (sulfide) groups is 1. The predicted molar refractivity (Wildman–Crippen MR) is 116 cm³/mol. The molecule has 29 heavy (non-hydrogen) atoms. The minimum Gasteiger partial charge on any atom is -0.486 e. The fourth-order valence-electron chi connectivity index (χ4n) is 3.18. The fourth-order valence-corrected chi connectivity index (χ4v) is 4.22. The summed E-state index contributed by atoms with van der Waals surface area (Å²) in [5, 5.41) is 7.44. The van der Waals surface area contributed by atoms with Crippen LogP contribution in [0.25, 0.3) is 23.0 Å². The summed E-state index contributed by atoms with van der Waals surface area (Å²) in [6.07, 6.45) is 3.72. The number of ether oxygens (including phenoxy) is 2. The van der Waals surface area contributed by atoms with Crippen LogP contribution in [0.15, 0.2) is 59.6 Å². The summed E-state index contributed by atoms with van der Waals surface area (Å²) in [6, 6.07) is 15.6. The summed E-state index contributed by atoms with van der Waals surface area (Å²) < 4.78 is 13.6. The van der Waals surface area contributed by atoms with Gasteiger partial charge in [-0.15, -0.1) is 0 Å². The quantitative estimate of drug-likeness (QED) is 0.513. The molecule has 6 nitrogen and oxygen atoms in total. The number of fused-ring (bicyclic) bond motifs is 1. The van der Waals surface area contributed by atoms with E-state index in [0.717, 1.165) is 28.3 Å². The second-order valence-electron chi connectivity index (χ2n) is 6.42. The molecule has 0 atom stereocenters. The first-order valence-corrected chi connectivity index (χ1v) is 10.2. The highest BCUT2D eigenvalue weighted by molar-refractivity contribution is 8.26. The van der Waals surface area contributed by atoms with Crippen LogP contribution >= 0.6 is 24.0 Å². The van der Waals surface area contributed by atoms with Gasteiger partial charge in [0.05, 0.1) is 10.6 Å². The first kappa shape index (κ1) is 18.0. The molecule has 2 aromatic carbocycles. The normalized spacial score (nSPS) is 16.9. The molecular weight excluding hydrogens is 406 g/mol. The van der Waals surface area contributed by atoms with E-state index in [4.69, 9.17) is 26.8 Å². The van der Waals surface area contributed by atoms with E-state index in [0.29, 0.717) is 28.2 Å². The lowest BCUT2D eigenvalue weighted by Gasteiger charge is -2.18. The maximum Gasteiger partial charge on any atom is 0.263 e. The molecule has 1 fully saturated rings. The van der Waals surface area contributed by atoms with Crippen molar-refractivity contribution >= 4 is 40.3 Å². The Morgan fingerprint density at radius 2 is 1.90 bits per heavy atom. The number of carbonyl (C=O) groups is 1. The molecule has 3 aromatic rings. The molecule has 1 amide bonds. The van der Waals surface area contributed by atoms with E-state index in [2.05, 4.69) is 5.32 Å². The molecule has 1 N–H and O–H groups in total. The zero-order chi connectivity index (χ0) is 19.8. The first-order chi connectivity index (χ1) is 14.2. The van der Waals surface area contributed by atoms with Crippen molar-refractivity contribution in [1.29, 1.82) is 0 Å². The highest BCUT2D eigenvalue weighted by Crippen LogP contribution is 2.36. The number of hydrogen-bond donors (Lipinski definition) is 1. The topological polar surface area (TPSA) is 65.4 Å². The molecule has 2 aliphatic rings. The number of benzene rings is 2. The van der Waals surface area contributed by atoms with Crippen molar-refractivity contribution in [2.75, 3.05) is 13.2 Å². The van der Waals surface area contributed by atoms with Gasteiger partial charge in [0.1, 0.15) is 23.2 Å². The summed E-state index contributed by atoms with van der Waals surface area (Å²) in [5.74, 6) is 1.22. The Hall–Kier alpha value is -3.10. The lowest BCUT2D eigenvalue weighted by molar-refractivity contribution is -0.115. The number of thiocarbonyl (C=S) groups is 1. The van der Waals surface area contributed by atoms with Gasteiger partial charge in [-0.1, -0.05) is 42.2 Å². The Balaban J connectivity index is 1.63. The van der Waals surface area contributed by atoms with Crippen molar-refractivity contribution in [2.24, 2.45) is 0 Å². The van der Waals surface area contributed by atoms with E-state index in [9.17, 15) is 4.79 Å². The first-order valence-electron chi connectivity index (χ1n) is 8.97. The van der Waals surface area contributed by atoms with Crippen LogP contribution in [0.5, 0.6) is 11.5 Å². The number of nitrogens with zero attached hydrogens (tertiary/aromatic N) is 2. The van der Waals surface area contributed by atoms with Crippen LogP contribution in [0.3, 0.4) is 0 Å². The molecule has 0 unspecified atom stereocenters. The Kier molecular flexibility index (Phi) is 4.57. The number of aromatic nitrogens is 2. The van der Waals surface area contributed by atoms with Gasteiger partial charge in [-0.25, -0.2) is 4.68 Å². The van der Waals surface area contributed by atoms with Gasteiger partial charge in [-0.2, -0.15) is 5.10 Å². The second kappa shape index (κ2) is 7.38. The second-order valence-corrected chi connectivity index (χ2v) is 8.14. The lowest BCUT2D eigenvalue weighted by atomic mass is 10.1. The van der Waals surface area contributed by atoms with E-state index in [-0.39, 0.29) is 5.91 Å². The van der Waals surface area contributed by atoms with Crippen LogP contribution in [0.4, 0.5) is 0 Å². The Morgan fingerprint density at radius 3 is 2.66 bits per heavy atom. The summed E-state index contributed by atoms with van der Waals surface area (Å²) in [5.41, 5.74) is 3.36. The van der Waals surface area contributed by atoms with Crippen molar-refractivity contribution in [3.8, 4) is 28.4 Å². The molecule has 144 valence electrons. The van der Waals surface area contributed by atoms with Gasteiger partial charge in [0.15, 0.2) is 11.5 Å². The van der Waals surface area contributed by atoms with Crippen molar-refractivity contribution in [3.05, 3.63) is 65.2 Å². The average molecular weight is 422 g/mol. The van der Waals surface area contributed by atoms with Crippen molar-refractivity contribution in [3.63, 3.8) is 0 Å². The van der Waals surface area contributed by atoms with E-state index in [1.54, 1.807) is 4.68 Å². The van der Waals surface area contributed by atoms with E-state index >= 15 is 0 Å². The minimum atomic E-state index is -0.194. The van der Waals surface area contributed by atoms with E-state index in [1.807, 2.05) is 60.8 Å². The molecule has 0 saturated carbocycles. The highest BCUT2D eigenvalue weighted by atomic mass is 32.2. The summed E-state index contributed by atoms with van der Waals surface area (Å²) in [7, 11) is 0. The molecule has 2 aliphatic heterocycles. The predicted octanol–water partition coefficient (Wildman–Crippen LogP) is 3.80. The van der Waals surface area contributed by atoms with Gasteiger partial charge in [0.2, 0.25) is 0 Å².